The van der Waals surface area contributed by atoms with Crippen molar-refractivity contribution in [3.05, 3.63) is 29.3 Å². The number of aryl methyl sites for hydroxylation is 1. The van der Waals surface area contributed by atoms with Crippen LogP contribution >= 0.6 is 0 Å². The van der Waals surface area contributed by atoms with E-state index in [1.807, 2.05) is 0 Å². The quantitative estimate of drug-likeness (QED) is 0.899. The molecule has 1 fully saturated rings. The van der Waals surface area contributed by atoms with Crippen LogP contribution in [0.2, 0.25) is 0 Å². The predicted octanol–water partition coefficient (Wildman–Crippen LogP) is 2.26. The lowest BCUT2D eigenvalue weighted by Crippen LogP contribution is -2.36. The number of amides is 1. The first-order valence-electron chi connectivity index (χ1n) is 8.97. The van der Waals surface area contributed by atoms with Gasteiger partial charge in [0.25, 0.3) is 0 Å². The first-order chi connectivity index (χ1) is 11.6. The van der Waals surface area contributed by atoms with Gasteiger partial charge in [-0.2, -0.15) is 0 Å². The highest BCUT2D eigenvalue weighted by atomic mass is 16.5. The summed E-state index contributed by atoms with van der Waals surface area (Å²) in [5.74, 6) is 1.08. The zero-order valence-electron chi connectivity index (χ0n) is 14.7. The van der Waals surface area contributed by atoms with Crippen molar-refractivity contribution in [2.24, 2.45) is 0 Å². The fourth-order valence-corrected chi connectivity index (χ4v) is 3.42. The Morgan fingerprint density at radius 3 is 3.08 bits per heavy atom. The molecule has 2 atom stereocenters. The van der Waals surface area contributed by atoms with Gasteiger partial charge < -0.3 is 14.8 Å². The summed E-state index contributed by atoms with van der Waals surface area (Å²) in [6.07, 6.45) is 3.00. The van der Waals surface area contributed by atoms with Gasteiger partial charge in [-0.1, -0.05) is 17.7 Å². The highest BCUT2D eigenvalue weighted by molar-refractivity contribution is 5.76. The van der Waals surface area contributed by atoms with Gasteiger partial charge in [0.1, 0.15) is 11.9 Å². The Hall–Kier alpha value is -1.59. The maximum atomic E-state index is 12.1. The molecule has 1 aromatic rings. The Balaban J connectivity index is 1.49. The standard InChI is InChI=1S/C19H28N2O3/c1-14-5-6-18-16(10-14)13-21(12-15(2)24-18)8-7-19(22)20-11-17-4-3-9-23-17/h5-6,10,15,17H,3-4,7-9,11-13H2,1-2H3,(H,20,22)/t15-,17-/m1/s1. The van der Waals surface area contributed by atoms with Crippen molar-refractivity contribution >= 4 is 5.91 Å². The van der Waals surface area contributed by atoms with E-state index in [0.29, 0.717) is 13.0 Å². The lowest BCUT2D eigenvalue weighted by atomic mass is 10.1. The normalized spacial score (nSPS) is 24.1. The van der Waals surface area contributed by atoms with E-state index in [9.17, 15) is 4.79 Å². The number of benzene rings is 1. The highest BCUT2D eigenvalue weighted by Crippen LogP contribution is 2.26. The smallest absolute Gasteiger partial charge is 0.221 e. The Morgan fingerprint density at radius 1 is 1.42 bits per heavy atom. The average molecular weight is 332 g/mol. The molecule has 3 rings (SSSR count). The molecule has 0 unspecified atom stereocenters. The topological polar surface area (TPSA) is 50.8 Å². The van der Waals surface area contributed by atoms with Gasteiger partial charge in [0.15, 0.2) is 0 Å². The maximum absolute atomic E-state index is 12.1. The van der Waals surface area contributed by atoms with Crippen molar-refractivity contribution in [1.29, 1.82) is 0 Å². The largest absolute Gasteiger partial charge is 0.489 e. The van der Waals surface area contributed by atoms with E-state index in [2.05, 4.69) is 42.3 Å². The maximum Gasteiger partial charge on any atom is 0.221 e. The van der Waals surface area contributed by atoms with Crippen LogP contribution < -0.4 is 10.1 Å². The van der Waals surface area contributed by atoms with Gasteiger partial charge >= 0.3 is 0 Å². The van der Waals surface area contributed by atoms with E-state index < -0.39 is 0 Å². The van der Waals surface area contributed by atoms with E-state index in [0.717, 1.165) is 44.8 Å². The van der Waals surface area contributed by atoms with Crippen molar-refractivity contribution in [3.8, 4) is 5.75 Å². The van der Waals surface area contributed by atoms with E-state index in [1.54, 1.807) is 0 Å². The van der Waals surface area contributed by atoms with Crippen molar-refractivity contribution in [1.82, 2.24) is 10.2 Å². The van der Waals surface area contributed by atoms with Crippen LogP contribution in [0.4, 0.5) is 0 Å². The van der Waals surface area contributed by atoms with Gasteiger partial charge in [-0.3, -0.25) is 9.69 Å². The van der Waals surface area contributed by atoms with Crippen LogP contribution in [0.1, 0.15) is 37.3 Å². The fourth-order valence-electron chi connectivity index (χ4n) is 3.42. The minimum atomic E-state index is 0.104. The zero-order chi connectivity index (χ0) is 16.9. The molecule has 5 nitrogen and oxygen atoms in total. The number of nitrogens with one attached hydrogen (secondary N) is 1. The highest BCUT2D eigenvalue weighted by Gasteiger charge is 2.21. The molecule has 2 heterocycles. The first kappa shape index (κ1) is 17.2. The fraction of sp³-hybridized carbons (Fsp3) is 0.632. The second-order valence-corrected chi connectivity index (χ2v) is 6.96. The molecule has 1 N–H and O–H groups in total. The molecule has 0 aromatic heterocycles. The number of carbonyl (C=O) groups excluding carboxylic acids is 1. The van der Waals surface area contributed by atoms with Gasteiger partial charge in [0.05, 0.1) is 6.10 Å². The van der Waals surface area contributed by atoms with Crippen molar-refractivity contribution in [2.45, 2.75) is 51.9 Å². The minimum Gasteiger partial charge on any atom is -0.489 e. The van der Waals surface area contributed by atoms with Crippen LogP contribution in [-0.4, -0.2) is 49.3 Å². The van der Waals surface area contributed by atoms with E-state index in [-0.39, 0.29) is 18.1 Å². The molecule has 0 spiro atoms. The summed E-state index contributed by atoms with van der Waals surface area (Å²) >= 11 is 0. The number of nitrogens with zero attached hydrogens (tertiary/aromatic N) is 1. The van der Waals surface area contributed by atoms with Crippen LogP contribution in [0, 0.1) is 6.92 Å². The van der Waals surface area contributed by atoms with Gasteiger partial charge in [0, 0.05) is 44.8 Å². The lowest BCUT2D eigenvalue weighted by molar-refractivity contribution is -0.122. The summed E-state index contributed by atoms with van der Waals surface area (Å²) in [6, 6.07) is 6.32. The number of ether oxygens (including phenoxy) is 2. The molecule has 2 aliphatic rings. The summed E-state index contributed by atoms with van der Waals surface area (Å²) in [4.78, 5) is 14.4. The van der Waals surface area contributed by atoms with E-state index in [4.69, 9.17) is 9.47 Å². The third kappa shape index (κ3) is 4.71. The number of rotatable bonds is 5. The third-order valence-electron chi connectivity index (χ3n) is 4.66. The van der Waals surface area contributed by atoms with Gasteiger partial charge in [-0.25, -0.2) is 0 Å². The molecule has 0 radical (unpaired) electrons. The van der Waals surface area contributed by atoms with Gasteiger partial charge in [-0.15, -0.1) is 0 Å². The van der Waals surface area contributed by atoms with Crippen LogP contribution in [0.3, 0.4) is 0 Å². The molecular formula is C19H28N2O3. The second-order valence-electron chi connectivity index (χ2n) is 6.96. The minimum absolute atomic E-state index is 0.104. The average Bonchev–Trinajstić information content (AvgIpc) is 3.01. The Labute approximate surface area is 144 Å². The second kappa shape index (κ2) is 7.99. The summed E-state index contributed by atoms with van der Waals surface area (Å²) < 4.78 is 11.5. The molecule has 24 heavy (non-hydrogen) atoms. The first-order valence-corrected chi connectivity index (χ1v) is 8.97. The van der Waals surface area contributed by atoms with Crippen LogP contribution in [0.15, 0.2) is 18.2 Å². The van der Waals surface area contributed by atoms with Crippen molar-refractivity contribution in [3.63, 3.8) is 0 Å². The Bertz CT molecular complexity index is 570. The summed E-state index contributed by atoms with van der Waals surface area (Å²) in [5.41, 5.74) is 2.44. The molecule has 0 bridgehead atoms. The Morgan fingerprint density at radius 2 is 2.29 bits per heavy atom. The predicted molar refractivity (Wildman–Crippen MR) is 93.1 cm³/mol. The van der Waals surface area contributed by atoms with E-state index in [1.165, 1.54) is 11.1 Å². The molecular weight excluding hydrogens is 304 g/mol. The van der Waals surface area contributed by atoms with Crippen molar-refractivity contribution in [2.75, 3.05) is 26.2 Å². The van der Waals surface area contributed by atoms with Gasteiger partial charge in [0.2, 0.25) is 5.91 Å². The van der Waals surface area contributed by atoms with Crippen LogP contribution in [0.5, 0.6) is 5.75 Å². The lowest BCUT2D eigenvalue weighted by Gasteiger charge is -2.21. The Kier molecular flexibility index (Phi) is 5.74. The zero-order valence-corrected chi connectivity index (χ0v) is 14.7. The molecule has 5 heteroatoms. The summed E-state index contributed by atoms with van der Waals surface area (Å²) in [7, 11) is 0. The molecule has 2 aliphatic heterocycles. The molecule has 132 valence electrons. The SMILES string of the molecule is Cc1ccc2c(c1)CN(CCC(=O)NC[C@H]1CCCO1)C[C@@H](C)O2. The number of fused-ring (bicyclic) bond motifs is 1. The van der Waals surface area contributed by atoms with Crippen LogP contribution in [-0.2, 0) is 16.1 Å². The molecule has 1 saturated heterocycles. The summed E-state index contributed by atoms with van der Waals surface area (Å²) in [6.45, 7) is 8.06. The summed E-state index contributed by atoms with van der Waals surface area (Å²) in [5, 5.41) is 3.00. The molecule has 0 aliphatic carbocycles. The van der Waals surface area contributed by atoms with Gasteiger partial charge in [-0.05, 0) is 32.8 Å². The van der Waals surface area contributed by atoms with E-state index >= 15 is 0 Å². The van der Waals surface area contributed by atoms with Crippen molar-refractivity contribution < 1.29 is 14.3 Å². The molecule has 1 aromatic carbocycles. The molecule has 1 amide bonds. The number of carbonyl (C=O) groups is 1. The monoisotopic (exact) mass is 332 g/mol. The van der Waals surface area contributed by atoms with Crippen LogP contribution in [0.25, 0.3) is 0 Å². The third-order valence-corrected chi connectivity index (χ3v) is 4.66. The number of hydrogen-bond acceptors (Lipinski definition) is 4. The number of hydrogen-bond donors (Lipinski definition) is 1. The molecule has 0 saturated carbocycles.